The van der Waals surface area contributed by atoms with Crippen LogP contribution in [0.4, 0.5) is 5.69 Å². The summed E-state index contributed by atoms with van der Waals surface area (Å²) in [7, 11) is 0. The van der Waals surface area contributed by atoms with Gasteiger partial charge in [-0.15, -0.1) is 0 Å². The molecule has 33 heavy (non-hydrogen) atoms. The number of nitrogens with one attached hydrogen (secondary N) is 1. The molecule has 0 saturated heterocycles. The summed E-state index contributed by atoms with van der Waals surface area (Å²) in [5.74, 6) is -0.929. The predicted molar refractivity (Wildman–Crippen MR) is 127 cm³/mol. The van der Waals surface area contributed by atoms with Gasteiger partial charge in [0.2, 0.25) is 0 Å². The first kappa shape index (κ1) is 21.2. The van der Waals surface area contributed by atoms with Gasteiger partial charge < -0.3 is 11.1 Å². The van der Waals surface area contributed by atoms with E-state index in [1.54, 1.807) is 22.9 Å². The fraction of sp³-hybridized carbons (Fsp3) is 0.0833. The van der Waals surface area contributed by atoms with Crippen LogP contribution >= 0.6 is 23.2 Å². The summed E-state index contributed by atoms with van der Waals surface area (Å²) in [5, 5.41) is 8.27. The van der Waals surface area contributed by atoms with E-state index in [2.05, 4.69) is 15.4 Å². The third-order valence-electron chi connectivity index (χ3n) is 5.57. The lowest BCUT2D eigenvalue weighted by atomic mass is 9.88. The molecule has 164 valence electrons. The number of nitrogens with two attached hydrogens (primary N) is 1. The third kappa shape index (κ3) is 3.86. The number of hydrogen-bond acceptors (Lipinski definition) is 4. The summed E-state index contributed by atoms with van der Waals surface area (Å²) in [5.41, 5.74) is 11.0. The predicted octanol–water partition coefficient (Wildman–Crippen LogP) is 4.69. The molecule has 1 aliphatic carbocycles. The van der Waals surface area contributed by atoms with Crippen molar-refractivity contribution in [2.24, 2.45) is 5.73 Å². The average molecular weight is 478 g/mol. The minimum atomic E-state index is -0.584. The highest BCUT2D eigenvalue weighted by Crippen LogP contribution is 2.38. The Kier molecular flexibility index (Phi) is 5.36. The molecule has 2 amide bonds. The maximum Gasteiger partial charge on any atom is 0.269 e. The fourth-order valence-corrected chi connectivity index (χ4v) is 4.37. The van der Waals surface area contributed by atoms with Gasteiger partial charge in [0.05, 0.1) is 22.0 Å². The fourth-order valence-electron chi connectivity index (χ4n) is 4.04. The summed E-state index contributed by atoms with van der Waals surface area (Å²) in [6, 6.07) is 14.4. The molecule has 9 heteroatoms. The molecule has 0 fully saturated rings. The first-order valence-corrected chi connectivity index (χ1v) is 10.9. The van der Waals surface area contributed by atoms with Crippen LogP contribution in [0.5, 0.6) is 0 Å². The van der Waals surface area contributed by atoms with Gasteiger partial charge in [-0.3, -0.25) is 14.6 Å². The van der Waals surface area contributed by atoms with Gasteiger partial charge in [-0.25, -0.2) is 4.68 Å². The highest BCUT2D eigenvalue weighted by atomic mass is 35.5. The number of anilines is 1. The van der Waals surface area contributed by atoms with E-state index in [9.17, 15) is 9.59 Å². The Morgan fingerprint density at radius 1 is 1.03 bits per heavy atom. The van der Waals surface area contributed by atoms with Gasteiger partial charge in [-0.05, 0) is 60.9 Å². The van der Waals surface area contributed by atoms with Crippen molar-refractivity contribution in [3.05, 3.63) is 93.4 Å². The molecule has 5 rings (SSSR count). The maximum absolute atomic E-state index is 12.7. The molecule has 0 radical (unpaired) electrons. The number of hydrogen-bond donors (Lipinski definition) is 2. The van der Waals surface area contributed by atoms with Crippen molar-refractivity contribution >= 4 is 40.7 Å². The van der Waals surface area contributed by atoms with Gasteiger partial charge in [-0.2, -0.15) is 5.10 Å². The molecule has 0 spiro atoms. The number of rotatable bonds is 4. The van der Waals surface area contributed by atoms with Crippen LogP contribution in [0.2, 0.25) is 10.0 Å². The SMILES string of the molecule is NC(=O)c1nn(-c2ccc(Cl)cc2)c2c1CCc1ccc(NC(=O)c3ccncc3Cl)cc1-2. The van der Waals surface area contributed by atoms with Crippen molar-refractivity contribution in [3.63, 3.8) is 0 Å². The quantitative estimate of drug-likeness (QED) is 0.444. The van der Waals surface area contributed by atoms with Crippen LogP contribution < -0.4 is 11.1 Å². The second-order valence-corrected chi connectivity index (χ2v) is 8.45. The second-order valence-electron chi connectivity index (χ2n) is 7.61. The Balaban J connectivity index is 1.61. The van der Waals surface area contributed by atoms with E-state index in [0.717, 1.165) is 34.5 Å². The molecule has 0 atom stereocenters. The van der Waals surface area contributed by atoms with E-state index in [1.165, 1.54) is 12.4 Å². The van der Waals surface area contributed by atoms with Gasteiger partial charge in [0.25, 0.3) is 11.8 Å². The lowest BCUT2D eigenvalue weighted by Crippen LogP contribution is -2.16. The van der Waals surface area contributed by atoms with Crippen molar-refractivity contribution in [2.75, 3.05) is 5.32 Å². The monoisotopic (exact) mass is 477 g/mol. The third-order valence-corrected chi connectivity index (χ3v) is 6.13. The van der Waals surface area contributed by atoms with Crippen LogP contribution in [-0.2, 0) is 12.8 Å². The molecular weight excluding hydrogens is 461 g/mol. The number of halogens is 2. The normalized spacial score (nSPS) is 12.1. The van der Waals surface area contributed by atoms with Crippen molar-refractivity contribution in [2.45, 2.75) is 12.8 Å². The number of primary amides is 1. The van der Waals surface area contributed by atoms with Gasteiger partial charge in [0, 0.05) is 34.2 Å². The number of aromatic nitrogens is 3. The first-order chi connectivity index (χ1) is 15.9. The summed E-state index contributed by atoms with van der Waals surface area (Å²) >= 11 is 12.2. The zero-order chi connectivity index (χ0) is 23.1. The van der Waals surface area contributed by atoms with Crippen molar-refractivity contribution in [1.29, 1.82) is 0 Å². The van der Waals surface area contributed by atoms with E-state index in [0.29, 0.717) is 22.7 Å². The Bertz CT molecular complexity index is 1410. The van der Waals surface area contributed by atoms with Crippen molar-refractivity contribution in [3.8, 4) is 16.9 Å². The topological polar surface area (TPSA) is 103 Å². The molecule has 2 heterocycles. The van der Waals surface area contributed by atoms with Crippen LogP contribution in [0, 0.1) is 0 Å². The van der Waals surface area contributed by atoms with Gasteiger partial charge in [0.15, 0.2) is 5.69 Å². The Labute approximate surface area is 199 Å². The standard InChI is InChI=1S/C24H17Cl2N5O2/c25-14-3-6-16(7-4-14)31-22-18(21(30-31)23(27)32)8-2-13-1-5-15(11-19(13)22)29-24(33)17-9-10-28-12-20(17)26/h1,3-7,9-12H,2,8H2,(H2,27,32)(H,29,33). The highest BCUT2D eigenvalue weighted by molar-refractivity contribution is 6.34. The number of carbonyl (C=O) groups excluding carboxylic acids is 2. The minimum Gasteiger partial charge on any atom is -0.364 e. The molecule has 3 N–H and O–H groups in total. The van der Waals surface area contributed by atoms with Gasteiger partial charge in [-0.1, -0.05) is 29.3 Å². The zero-order valence-corrected chi connectivity index (χ0v) is 18.7. The number of benzene rings is 2. The molecule has 0 saturated carbocycles. The number of pyridine rings is 1. The van der Waals surface area contributed by atoms with Crippen LogP contribution in [0.15, 0.2) is 60.9 Å². The van der Waals surface area contributed by atoms with E-state index >= 15 is 0 Å². The van der Waals surface area contributed by atoms with Crippen molar-refractivity contribution < 1.29 is 9.59 Å². The van der Waals surface area contributed by atoms with E-state index in [1.807, 2.05) is 30.3 Å². The van der Waals surface area contributed by atoms with Crippen LogP contribution in [0.3, 0.4) is 0 Å². The van der Waals surface area contributed by atoms with Crippen molar-refractivity contribution in [1.82, 2.24) is 14.8 Å². The smallest absolute Gasteiger partial charge is 0.269 e. The number of amides is 2. The molecule has 0 unspecified atom stereocenters. The number of fused-ring (bicyclic) bond motifs is 3. The number of nitrogens with zero attached hydrogens (tertiary/aromatic N) is 3. The lowest BCUT2D eigenvalue weighted by molar-refractivity contribution is 0.0992. The van der Waals surface area contributed by atoms with E-state index in [4.69, 9.17) is 28.9 Å². The Hall–Kier alpha value is -3.68. The molecule has 1 aliphatic rings. The molecule has 4 aromatic rings. The zero-order valence-electron chi connectivity index (χ0n) is 17.2. The van der Waals surface area contributed by atoms with E-state index < -0.39 is 5.91 Å². The van der Waals surface area contributed by atoms with Crippen LogP contribution in [0.1, 0.15) is 32.0 Å². The lowest BCUT2D eigenvalue weighted by Gasteiger charge is -2.20. The largest absolute Gasteiger partial charge is 0.364 e. The molecule has 0 bridgehead atoms. The number of carbonyl (C=O) groups is 2. The molecule has 0 aliphatic heterocycles. The summed E-state index contributed by atoms with van der Waals surface area (Å²) < 4.78 is 1.70. The van der Waals surface area contributed by atoms with Crippen LogP contribution in [0.25, 0.3) is 16.9 Å². The summed E-state index contributed by atoms with van der Waals surface area (Å²) in [6.45, 7) is 0. The molecule has 7 nitrogen and oxygen atoms in total. The molecule has 2 aromatic carbocycles. The van der Waals surface area contributed by atoms with Gasteiger partial charge >= 0.3 is 0 Å². The Morgan fingerprint density at radius 2 is 1.82 bits per heavy atom. The minimum absolute atomic E-state index is 0.239. The summed E-state index contributed by atoms with van der Waals surface area (Å²) in [6.07, 6.45) is 4.29. The summed E-state index contributed by atoms with van der Waals surface area (Å²) in [4.78, 5) is 28.8. The number of aryl methyl sites for hydroxylation is 1. The maximum atomic E-state index is 12.7. The average Bonchev–Trinajstić information content (AvgIpc) is 3.20. The Morgan fingerprint density at radius 3 is 2.55 bits per heavy atom. The second kappa shape index (κ2) is 8.35. The highest BCUT2D eigenvalue weighted by Gasteiger charge is 2.28. The molecular formula is C24H17Cl2N5O2. The molecule has 2 aromatic heterocycles. The van der Waals surface area contributed by atoms with E-state index in [-0.39, 0.29) is 16.6 Å². The van der Waals surface area contributed by atoms with Crippen LogP contribution in [-0.4, -0.2) is 26.6 Å². The first-order valence-electron chi connectivity index (χ1n) is 10.1. The van der Waals surface area contributed by atoms with Gasteiger partial charge in [0.1, 0.15) is 0 Å².